The lowest BCUT2D eigenvalue weighted by molar-refractivity contribution is 0.340. The van der Waals surface area contributed by atoms with Crippen molar-refractivity contribution in [1.29, 1.82) is 0 Å². The average molecular weight is 297 g/mol. The van der Waals surface area contributed by atoms with Gasteiger partial charge in [-0.05, 0) is 18.8 Å². The van der Waals surface area contributed by atoms with E-state index in [1.54, 1.807) is 0 Å². The van der Waals surface area contributed by atoms with E-state index in [0.29, 0.717) is 0 Å². The van der Waals surface area contributed by atoms with E-state index in [1.807, 2.05) is 18.7 Å². The number of hydrogen-bond donors (Lipinski definition) is 0. The maximum absolute atomic E-state index is 6.33. The first kappa shape index (κ1) is 15.4. The molecule has 2 aromatic heterocycles. The standard InChI is InChI=1S/C15H25ClN4/c1-7-8-11-12-14(19(6)18-11)20(9-15(3,4)5)13(17-12)10(2)16/h10H,7-9H2,1-6H3. The molecule has 0 saturated heterocycles. The highest BCUT2D eigenvalue weighted by atomic mass is 35.5. The third kappa shape index (κ3) is 2.85. The Balaban J connectivity index is 2.65. The van der Waals surface area contributed by atoms with Crippen LogP contribution in [0.1, 0.15) is 57.9 Å². The molecule has 2 aromatic rings. The van der Waals surface area contributed by atoms with E-state index < -0.39 is 0 Å². The predicted octanol–water partition coefficient (Wildman–Crippen LogP) is 4.07. The molecule has 0 radical (unpaired) electrons. The van der Waals surface area contributed by atoms with Crippen molar-refractivity contribution in [2.24, 2.45) is 12.5 Å². The monoisotopic (exact) mass is 296 g/mol. The second-order valence-corrected chi connectivity index (χ2v) is 7.38. The van der Waals surface area contributed by atoms with Crippen LogP contribution in [0.25, 0.3) is 11.2 Å². The van der Waals surface area contributed by atoms with Crippen LogP contribution >= 0.6 is 11.6 Å². The predicted molar refractivity (Wildman–Crippen MR) is 84.2 cm³/mol. The summed E-state index contributed by atoms with van der Waals surface area (Å²) >= 11 is 6.33. The summed E-state index contributed by atoms with van der Waals surface area (Å²) in [5.74, 6) is 0.946. The minimum Gasteiger partial charge on any atom is -0.311 e. The highest BCUT2D eigenvalue weighted by Gasteiger charge is 2.24. The van der Waals surface area contributed by atoms with Gasteiger partial charge in [-0.25, -0.2) is 4.98 Å². The first-order valence-corrected chi connectivity index (χ1v) is 7.74. The first-order chi connectivity index (χ1) is 9.24. The SMILES string of the molecule is CCCc1nn(C)c2c1nc(C(C)Cl)n2CC(C)(C)C. The number of imidazole rings is 1. The fourth-order valence-electron chi connectivity index (χ4n) is 2.60. The van der Waals surface area contributed by atoms with E-state index >= 15 is 0 Å². The van der Waals surface area contributed by atoms with Gasteiger partial charge in [0.1, 0.15) is 11.3 Å². The highest BCUT2D eigenvalue weighted by Crippen LogP contribution is 2.30. The molecular formula is C15H25ClN4. The molecule has 1 unspecified atom stereocenters. The fourth-order valence-corrected chi connectivity index (χ4v) is 2.76. The fraction of sp³-hybridized carbons (Fsp3) is 0.733. The van der Waals surface area contributed by atoms with E-state index in [-0.39, 0.29) is 10.8 Å². The molecule has 0 N–H and O–H groups in total. The van der Waals surface area contributed by atoms with E-state index in [2.05, 4.69) is 37.4 Å². The average Bonchev–Trinajstić information content (AvgIpc) is 2.78. The number of halogens is 1. The Morgan fingerprint density at radius 2 is 1.95 bits per heavy atom. The van der Waals surface area contributed by atoms with Gasteiger partial charge in [0.2, 0.25) is 0 Å². The zero-order valence-corrected chi connectivity index (χ0v) is 14.1. The summed E-state index contributed by atoms with van der Waals surface area (Å²) in [6, 6.07) is 0. The molecule has 0 fully saturated rings. The van der Waals surface area contributed by atoms with Crippen molar-refractivity contribution in [3.05, 3.63) is 11.5 Å². The Morgan fingerprint density at radius 1 is 1.30 bits per heavy atom. The second-order valence-electron chi connectivity index (χ2n) is 6.73. The first-order valence-electron chi connectivity index (χ1n) is 7.30. The van der Waals surface area contributed by atoms with Crippen LogP contribution in [0.15, 0.2) is 0 Å². The summed E-state index contributed by atoms with van der Waals surface area (Å²) in [7, 11) is 1.99. The molecule has 2 heterocycles. The number of fused-ring (bicyclic) bond motifs is 1. The Labute approximate surface area is 126 Å². The van der Waals surface area contributed by atoms with Crippen LogP contribution in [0.5, 0.6) is 0 Å². The van der Waals surface area contributed by atoms with Crippen LogP contribution in [-0.2, 0) is 20.0 Å². The van der Waals surface area contributed by atoms with Crippen molar-refractivity contribution in [1.82, 2.24) is 19.3 Å². The Bertz CT molecular complexity index is 601. The van der Waals surface area contributed by atoms with Gasteiger partial charge in [0.15, 0.2) is 5.65 Å². The Hall–Kier alpha value is -1.03. The van der Waals surface area contributed by atoms with Gasteiger partial charge in [-0.3, -0.25) is 4.68 Å². The molecule has 2 rings (SSSR count). The molecular weight excluding hydrogens is 272 g/mol. The van der Waals surface area contributed by atoms with Crippen LogP contribution in [0, 0.1) is 5.41 Å². The van der Waals surface area contributed by atoms with Gasteiger partial charge in [0, 0.05) is 13.6 Å². The van der Waals surface area contributed by atoms with Crippen molar-refractivity contribution in [2.75, 3.05) is 0 Å². The second kappa shape index (κ2) is 5.40. The molecule has 112 valence electrons. The molecule has 0 aliphatic carbocycles. The van der Waals surface area contributed by atoms with Crippen molar-refractivity contribution in [3.63, 3.8) is 0 Å². The molecule has 4 nitrogen and oxygen atoms in total. The zero-order valence-electron chi connectivity index (χ0n) is 13.4. The molecule has 0 bridgehead atoms. The van der Waals surface area contributed by atoms with Crippen LogP contribution in [0.2, 0.25) is 0 Å². The quantitative estimate of drug-likeness (QED) is 0.797. The highest BCUT2D eigenvalue weighted by molar-refractivity contribution is 6.20. The number of rotatable bonds is 4. The van der Waals surface area contributed by atoms with Gasteiger partial charge in [0.25, 0.3) is 0 Å². The van der Waals surface area contributed by atoms with E-state index in [1.165, 1.54) is 0 Å². The van der Waals surface area contributed by atoms with Crippen LogP contribution in [0.3, 0.4) is 0 Å². The molecule has 1 atom stereocenters. The number of nitrogens with zero attached hydrogens (tertiary/aromatic N) is 4. The largest absolute Gasteiger partial charge is 0.311 e. The van der Waals surface area contributed by atoms with E-state index in [0.717, 1.165) is 42.1 Å². The maximum Gasteiger partial charge on any atom is 0.158 e. The van der Waals surface area contributed by atoms with Crippen molar-refractivity contribution < 1.29 is 0 Å². The van der Waals surface area contributed by atoms with Crippen molar-refractivity contribution in [2.45, 2.75) is 59.4 Å². The molecule has 20 heavy (non-hydrogen) atoms. The molecule has 0 saturated carbocycles. The molecule has 0 aliphatic rings. The molecule has 0 amide bonds. The normalized spacial score (nSPS) is 14.2. The van der Waals surface area contributed by atoms with Crippen molar-refractivity contribution >= 4 is 22.8 Å². The summed E-state index contributed by atoms with van der Waals surface area (Å²) in [4.78, 5) is 4.78. The lowest BCUT2D eigenvalue weighted by Gasteiger charge is -2.21. The Morgan fingerprint density at radius 3 is 2.45 bits per heavy atom. The van der Waals surface area contributed by atoms with Gasteiger partial charge in [-0.2, -0.15) is 5.10 Å². The van der Waals surface area contributed by atoms with Crippen LogP contribution < -0.4 is 0 Å². The van der Waals surface area contributed by atoms with Crippen molar-refractivity contribution in [3.8, 4) is 0 Å². The minimum absolute atomic E-state index is 0.0979. The number of alkyl halides is 1. The van der Waals surface area contributed by atoms with Gasteiger partial charge in [-0.1, -0.05) is 34.1 Å². The summed E-state index contributed by atoms with van der Waals surface area (Å²) in [5, 5.41) is 4.52. The lowest BCUT2D eigenvalue weighted by Crippen LogP contribution is -2.19. The third-order valence-corrected chi connectivity index (χ3v) is 3.49. The van der Waals surface area contributed by atoms with Gasteiger partial charge < -0.3 is 4.57 Å². The smallest absolute Gasteiger partial charge is 0.158 e. The van der Waals surface area contributed by atoms with E-state index in [9.17, 15) is 0 Å². The minimum atomic E-state index is -0.0979. The topological polar surface area (TPSA) is 35.6 Å². The summed E-state index contributed by atoms with van der Waals surface area (Å²) in [5.41, 5.74) is 3.35. The Kier molecular flexibility index (Phi) is 4.14. The maximum atomic E-state index is 6.33. The number of aromatic nitrogens is 4. The van der Waals surface area contributed by atoms with Crippen LogP contribution in [-0.4, -0.2) is 19.3 Å². The summed E-state index contributed by atoms with van der Waals surface area (Å²) in [6.07, 6.45) is 2.03. The van der Waals surface area contributed by atoms with Gasteiger partial charge in [-0.15, -0.1) is 11.6 Å². The molecule has 5 heteroatoms. The summed E-state index contributed by atoms with van der Waals surface area (Å²) in [6.45, 7) is 11.7. The van der Waals surface area contributed by atoms with Gasteiger partial charge >= 0.3 is 0 Å². The zero-order chi connectivity index (χ0) is 15.1. The van der Waals surface area contributed by atoms with E-state index in [4.69, 9.17) is 16.6 Å². The van der Waals surface area contributed by atoms with Crippen LogP contribution in [0.4, 0.5) is 0 Å². The molecule has 0 aromatic carbocycles. The third-order valence-electron chi connectivity index (χ3n) is 3.30. The van der Waals surface area contributed by atoms with Gasteiger partial charge in [0.05, 0.1) is 11.1 Å². The molecule has 0 aliphatic heterocycles. The number of hydrogen-bond acceptors (Lipinski definition) is 2. The molecule has 0 spiro atoms. The lowest BCUT2D eigenvalue weighted by atomic mass is 9.97. The number of aryl methyl sites for hydroxylation is 2. The summed E-state index contributed by atoms with van der Waals surface area (Å²) < 4.78 is 4.18.